The number of nitrogens with zero attached hydrogens (tertiary/aromatic N) is 1. The molecule has 0 radical (unpaired) electrons. The van der Waals surface area contributed by atoms with E-state index >= 15 is 0 Å². The lowest BCUT2D eigenvalue weighted by Crippen LogP contribution is -2.12. The molecule has 1 amide bonds. The minimum atomic E-state index is -0.0811. The minimum Gasteiger partial charge on any atom is -0.316 e. The number of aliphatic imine (C=N–C) groups is 1. The van der Waals surface area contributed by atoms with Crippen molar-refractivity contribution in [2.45, 2.75) is 33.1 Å². The quantitative estimate of drug-likeness (QED) is 0.492. The van der Waals surface area contributed by atoms with Gasteiger partial charge in [0.05, 0.1) is 5.71 Å². The summed E-state index contributed by atoms with van der Waals surface area (Å²) >= 11 is 7.83. The molecule has 0 atom stereocenters. The van der Waals surface area contributed by atoms with Crippen molar-refractivity contribution in [2.75, 3.05) is 11.9 Å². The van der Waals surface area contributed by atoms with Crippen molar-refractivity contribution in [3.05, 3.63) is 86.8 Å². The van der Waals surface area contributed by atoms with Crippen LogP contribution in [0.1, 0.15) is 41.0 Å². The molecule has 0 unspecified atom stereocenters. The van der Waals surface area contributed by atoms with E-state index in [9.17, 15) is 4.79 Å². The number of halogens is 1. The van der Waals surface area contributed by atoms with Crippen molar-refractivity contribution in [3.8, 4) is 0 Å². The Balaban J connectivity index is 1.54. The zero-order chi connectivity index (χ0) is 21.1. The monoisotopic (exact) mass is 436 g/mol. The Bertz CT molecular complexity index is 1080. The highest BCUT2D eigenvalue weighted by Gasteiger charge is 2.21. The van der Waals surface area contributed by atoms with Gasteiger partial charge in [0.15, 0.2) is 0 Å². The number of hydrogen-bond donors (Lipinski definition) is 1. The number of rotatable bonds is 6. The second-order valence-electron chi connectivity index (χ2n) is 8.09. The molecule has 0 spiro atoms. The van der Waals surface area contributed by atoms with Crippen LogP contribution >= 0.6 is 22.9 Å². The second-order valence-corrected chi connectivity index (χ2v) is 9.67. The molecule has 1 N–H and O–H groups in total. The fourth-order valence-electron chi connectivity index (χ4n) is 3.70. The van der Waals surface area contributed by atoms with Gasteiger partial charge in [0, 0.05) is 21.0 Å². The molecule has 3 aromatic rings. The maximum atomic E-state index is 12.1. The van der Waals surface area contributed by atoms with Gasteiger partial charge in [0.2, 0.25) is 5.91 Å². The van der Waals surface area contributed by atoms with E-state index in [1.807, 2.05) is 24.3 Å². The SMILES string of the molecule is CC(C)Cc1ccc(CCc2cc3c(s2)NC(=O)CN=C3c2cccc(Cl)c2)cc1. The second kappa shape index (κ2) is 9.15. The highest BCUT2D eigenvalue weighted by molar-refractivity contribution is 7.16. The number of hydrogen-bond acceptors (Lipinski definition) is 3. The van der Waals surface area contributed by atoms with Gasteiger partial charge in [0.25, 0.3) is 0 Å². The maximum absolute atomic E-state index is 12.1. The number of carbonyl (C=O) groups excluding carboxylic acids is 1. The lowest BCUT2D eigenvalue weighted by molar-refractivity contribution is -0.114. The van der Waals surface area contributed by atoms with Crippen molar-refractivity contribution in [1.82, 2.24) is 0 Å². The van der Waals surface area contributed by atoms with Crippen LogP contribution in [0.25, 0.3) is 0 Å². The number of fused-ring (bicyclic) bond motifs is 1. The van der Waals surface area contributed by atoms with Gasteiger partial charge in [0.1, 0.15) is 11.5 Å². The average Bonchev–Trinajstić information content (AvgIpc) is 3.02. The largest absolute Gasteiger partial charge is 0.316 e. The van der Waals surface area contributed by atoms with E-state index in [0.717, 1.165) is 41.1 Å². The van der Waals surface area contributed by atoms with Crippen molar-refractivity contribution < 1.29 is 4.79 Å². The number of nitrogens with one attached hydrogen (secondary N) is 1. The van der Waals surface area contributed by atoms with E-state index in [1.165, 1.54) is 16.0 Å². The molecule has 3 nitrogen and oxygen atoms in total. The highest BCUT2D eigenvalue weighted by Crippen LogP contribution is 2.33. The predicted octanol–water partition coefficient (Wildman–Crippen LogP) is 6.17. The van der Waals surface area contributed by atoms with Crippen molar-refractivity contribution in [2.24, 2.45) is 10.9 Å². The van der Waals surface area contributed by atoms with E-state index < -0.39 is 0 Å². The van der Waals surface area contributed by atoms with Crippen LogP contribution < -0.4 is 5.32 Å². The summed E-state index contributed by atoms with van der Waals surface area (Å²) in [5.41, 5.74) is 5.47. The first-order valence-corrected chi connectivity index (χ1v) is 11.5. The third-order valence-corrected chi connectivity index (χ3v) is 6.44. The first-order chi connectivity index (χ1) is 14.5. The van der Waals surface area contributed by atoms with E-state index in [4.69, 9.17) is 11.6 Å². The normalized spacial score (nSPS) is 13.6. The standard InChI is InChI=1S/C25H25ClN2OS/c1-16(2)12-18-8-6-17(7-9-18)10-11-21-14-22-24(19-4-3-5-20(26)13-19)27-15-23(29)28-25(22)30-21/h3-9,13-14,16H,10-12,15H2,1-2H3,(H,28,29). The molecule has 30 heavy (non-hydrogen) atoms. The Kier molecular flexibility index (Phi) is 6.35. The molecule has 1 aliphatic heterocycles. The van der Waals surface area contributed by atoms with Crippen LogP contribution in [0.4, 0.5) is 5.00 Å². The van der Waals surface area contributed by atoms with Crippen molar-refractivity contribution in [3.63, 3.8) is 0 Å². The van der Waals surface area contributed by atoms with Gasteiger partial charge in [-0.05, 0) is 54.5 Å². The molecule has 0 aliphatic carbocycles. The van der Waals surface area contributed by atoms with Gasteiger partial charge in [-0.1, -0.05) is 61.8 Å². The number of carbonyl (C=O) groups is 1. The Hall–Kier alpha value is -2.43. The summed E-state index contributed by atoms with van der Waals surface area (Å²) < 4.78 is 0. The van der Waals surface area contributed by atoms with Crippen LogP contribution in [-0.2, 0) is 24.1 Å². The van der Waals surface area contributed by atoms with Crippen molar-refractivity contribution in [1.29, 1.82) is 0 Å². The summed E-state index contributed by atoms with van der Waals surface area (Å²) in [7, 11) is 0. The van der Waals surface area contributed by atoms with Crippen LogP contribution in [0.2, 0.25) is 5.02 Å². The van der Waals surface area contributed by atoms with Gasteiger partial charge >= 0.3 is 0 Å². The molecule has 2 aromatic carbocycles. The topological polar surface area (TPSA) is 41.5 Å². The van der Waals surface area contributed by atoms with Gasteiger partial charge < -0.3 is 5.32 Å². The number of amides is 1. The predicted molar refractivity (Wildman–Crippen MR) is 127 cm³/mol. The molecule has 5 heteroatoms. The third kappa shape index (κ3) is 5.00. The summed E-state index contributed by atoms with van der Waals surface area (Å²) in [6.07, 6.45) is 3.02. The first kappa shape index (κ1) is 20.8. The molecular formula is C25H25ClN2OS. The maximum Gasteiger partial charge on any atom is 0.246 e. The fraction of sp³-hybridized carbons (Fsp3) is 0.280. The Morgan fingerprint density at radius 1 is 1.07 bits per heavy atom. The van der Waals surface area contributed by atoms with Crippen molar-refractivity contribution >= 4 is 39.6 Å². The molecule has 0 fully saturated rings. The zero-order valence-electron chi connectivity index (χ0n) is 17.2. The average molecular weight is 437 g/mol. The lowest BCUT2D eigenvalue weighted by Gasteiger charge is -2.06. The summed E-state index contributed by atoms with van der Waals surface area (Å²) in [6.45, 7) is 4.62. The molecule has 0 saturated heterocycles. The summed E-state index contributed by atoms with van der Waals surface area (Å²) in [6, 6.07) is 18.8. The third-order valence-electron chi connectivity index (χ3n) is 5.10. The molecule has 154 valence electrons. The van der Waals surface area contributed by atoms with E-state index in [-0.39, 0.29) is 12.5 Å². The summed E-state index contributed by atoms with van der Waals surface area (Å²) in [5.74, 6) is 0.588. The number of anilines is 1. The molecule has 1 aromatic heterocycles. The fourth-order valence-corrected chi connectivity index (χ4v) is 4.96. The van der Waals surface area contributed by atoms with Crippen LogP contribution in [-0.4, -0.2) is 18.2 Å². The van der Waals surface area contributed by atoms with Crippen LogP contribution in [0, 0.1) is 5.92 Å². The van der Waals surface area contributed by atoms with Gasteiger partial charge in [-0.2, -0.15) is 0 Å². The lowest BCUT2D eigenvalue weighted by atomic mass is 10.00. The first-order valence-electron chi connectivity index (χ1n) is 10.3. The van der Waals surface area contributed by atoms with E-state index in [0.29, 0.717) is 10.9 Å². The van der Waals surface area contributed by atoms with Gasteiger partial charge in [-0.15, -0.1) is 11.3 Å². The van der Waals surface area contributed by atoms with Crippen LogP contribution in [0.15, 0.2) is 59.6 Å². The Labute approximate surface area is 186 Å². The summed E-state index contributed by atoms with van der Waals surface area (Å²) in [5, 5.41) is 4.55. The zero-order valence-corrected chi connectivity index (χ0v) is 18.8. The molecule has 0 bridgehead atoms. The van der Waals surface area contributed by atoms with Gasteiger partial charge in [-0.3, -0.25) is 9.79 Å². The molecular weight excluding hydrogens is 412 g/mol. The van der Waals surface area contributed by atoms with E-state index in [2.05, 4.69) is 54.5 Å². The molecule has 0 saturated carbocycles. The minimum absolute atomic E-state index is 0.0811. The van der Waals surface area contributed by atoms with Crippen LogP contribution in [0.5, 0.6) is 0 Å². The van der Waals surface area contributed by atoms with E-state index in [1.54, 1.807) is 11.3 Å². The van der Waals surface area contributed by atoms with Gasteiger partial charge in [-0.25, -0.2) is 0 Å². The Morgan fingerprint density at radius 2 is 1.83 bits per heavy atom. The van der Waals surface area contributed by atoms with Crippen LogP contribution in [0.3, 0.4) is 0 Å². The molecule has 1 aliphatic rings. The molecule has 2 heterocycles. The molecule has 4 rings (SSSR count). The Morgan fingerprint density at radius 3 is 2.57 bits per heavy atom. The number of aryl methyl sites for hydroxylation is 2. The summed E-state index contributed by atoms with van der Waals surface area (Å²) in [4.78, 5) is 18.0. The number of benzene rings is 2. The smallest absolute Gasteiger partial charge is 0.246 e. The highest BCUT2D eigenvalue weighted by atomic mass is 35.5. The number of thiophene rings is 1.